The molecule has 3 aromatic rings. The summed E-state index contributed by atoms with van der Waals surface area (Å²) in [5.41, 5.74) is 3.25. The molecule has 2 aromatic carbocycles. The van der Waals surface area contributed by atoms with E-state index < -0.39 is 0 Å². The van der Waals surface area contributed by atoms with Crippen LogP contribution in [-0.4, -0.2) is 23.6 Å². The Balaban J connectivity index is 1.53. The molecule has 2 heterocycles. The van der Waals surface area contributed by atoms with Crippen molar-refractivity contribution in [2.45, 2.75) is 32.7 Å². The van der Waals surface area contributed by atoms with Crippen molar-refractivity contribution in [3.8, 4) is 11.5 Å². The van der Waals surface area contributed by atoms with Gasteiger partial charge in [0.2, 0.25) is 12.8 Å². The Kier molecular flexibility index (Phi) is 6.07. The molecule has 0 unspecified atom stereocenters. The first-order valence-electron chi connectivity index (χ1n) is 10.4. The Hall–Kier alpha value is -3.87. The lowest BCUT2D eigenvalue weighted by Gasteiger charge is -2.19. The summed E-state index contributed by atoms with van der Waals surface area (Å²) in [5, 5.41) is 6.05. The summed E-state index contributed by atoms with van der Waals surface area (Å²) >= 11 is 0. The molecule has 0 saturated carbocycles. The topological polar surface area (TPSA) is 84.8 Å². The smallest absolute Gasteiger partial charge is 0.257 e. The number of carbonyl (C=O) groups excluding carboxylic acids is 1. The Morgan fingerprint density at radius 1 is 1.03 bits per heavy atom. The second kappa shape index (κ2) is 9.09. The van der Waals surface area contributed by atoms with Gasteiger partial charge in [0.05, 0.1) is 12.2 Å². The van der Waals surface area contributed by atoms with E-state index in [9.17, 15) is 4.79 Å². The van der Waals surface area contributed by atoms with Crippen molar-refractivity contribution in [3.05, 3.63) is 83.7 Å². The predicted octanol–water partition coefficient (Wildman–Crippen LogP) is 4.51. The third-order valence-corrected chi connectivity index (χ3v) is 5.01. The molecule has 1 aliphatic rings. The Morgan fingerprint density at radius 2 is 1.81 bits per heavy atom. The molecular weight excluding hydrogens is 404 g/mol. The highest BCUT2D eigenvalue weighted by molar-refractivity contribution is 6.10. The molecule has 0 spiro atoms. The predicted molar refractivity (Wildman–Crippen MR) is 124 cm³/mol. The molecule has 7 heteroatoms. The van der Waals surface area contributed by atoms with Crippen LogP contribution < -0.4 is 20.1 Å². The molecule has 0 bridgehead atoms. The number of benzene rings is 2. The molecule has 1 aliphatic heterocycles. The van der Waals surface area contributed by atoms with E-state index >= 15 is 0 Å². The molecular formula is C25H26N4O3. The third-order valence-electron chi connectivity index (χ3n) is 5.01. The number of aliphatic imine (C=N–C) groups is 1. The van der Waals surface area contributed by atoms with Gasteiger partial charge in [-0.25, -0.2) is 4.99 Å². The van der Waals surface area contributed by atoms with Gasteiger partial charge in [-0.3, -0.25) is 15.1 Å². The van der Waals surface area contributed by atoms with Gasteiger partial charge in [-0.2, -0.15) is 0 Å². The van der Waals surface area contributed by atoms with E-state index in [0.717, 1.165) is 16.9 Å². The van der Waals surface area contributed by atoms with Crippen LogP contribution in [0.15, 0.2) is 71.9 Å². The first-order chi connectivity index (χ1) is 15.4. The molecule has 1 aromatic heterocycles. The van der Waals surface area contributed by atoms with Crippen LogP contribution in [0.4, 0.5) is 5.69 Å². The quantitative estimate of drug-likeness (QED) is 0.470. The van der Waals surface area contributed by atoms with E-state index in [0.29, 0.717) is 29.6 Å². The summed E-state index contributed by atoms with van der Waals surface area (Å²) in [7, 11) is 0. The number of aromatic nitrogens is 1. The number of hydrogen-bond donors (Lipinski definition) is 2. The van der Waals surface area contributed by atoms with Crippen LogP contribution in [0.1, 0.15) is 42.4 Å². The molecule has 7 nitrogen and oxygen atoms in total. The van der Waals surface area contributed by atoms with Crippen LogP contribution in [0.2, 0.25) is 0 Å². The fourth-order valence-corrected chi connectivity index (χ4v) is 3.17. The van der Waals surface area contributed by atoms with E-state index in [1.165, 1.54) is 0 Å². The van der Waals surface area contributed by atoms with Gasteiger partial charge in [-0.15, -0.1) is 0 Å². The second-order valence-corrected chi connectivity index (χ2v) is 8.46. The SMILES string of the molecule is CC(C)(C)c1ccc(C(=O)NC(=NCc2ccccn2)Nc2ccc3c(c2)OCO3)cc1. The average molecular weight is 431 g/mol. The number of carbonyl (C=O) groups is 1. The molecule has 0 atom stereocenters. The fraction of sp³-hybridized carbons (Fsp3) is 0.240. The number of nitrogens with one attached hydrogen (secondary N) is 2. The highest BCUT2D eigenvalue weighted by Crippen LogP contribution is 2.34. The molecule has 164 valence electrons. The minimum absolute atomic E-state index is 0.0191. The summed E-state index contributed by atoms with van der Waals surface area (Å²) in [6, 6.07) is 18.7. The first kappa shape index (κ1) is 21.4. The number of anilines is 1. The molecule has 2 N–H and O–H groups in total. The van der Waals surface area contributed by atoms with Crippen molar-refractivity contribution in [1.29, 1.82) is 0 Å². The summed E-state index contributed by atoms with van der Waals surface area (Å²) in [6.45, 7) is 6.93. The zero-order valence-corrected chi connectivity index (χ0v) is 18.4. The van der Waals surface area contributed by atoms with Crippen LogP contribution in [0.5, 0.6) is 11.5 Å². The second-order valence-electron chi connectivity index (χ2n) is 8.46. The van der Waals surface area contributed by atoms with Crippen LogP contribution >= 0.6 is 0 Å². The molecule has 0 fully saturated rings. The highest BCUT2D eigenvalue weighted by atomic mass is 16.7. The minimum Gasteiger partial charge on any atom is -0.454 e. The largest absolute Gasteiger partial charge is 0.454 e. The van der Waals surface area contributed by atoms with Gasteiger partial charge in [0.1, 0.15) is 0 Å². The Bertz CT molecular complexity index is 1120. The van der Waals surface area contributed by atoms with Crippen LogP contribution in [0, 0.1) is 0 Å². The standard InChI is InChI=1S/C25H26N4O3/c1-25(2,3)18-9-7-17(8-10-18)23(30)29-24(27-15-20-6-4-5-13-26-20)28-19-11-12-21-22(14-19)32-16-31-21/h4-14H,15-16H2,1-3H3,(H2,27,28,29,30). The van der Waals surface area contributed by atoms with Gasteiger partial charge in [-0.1, -0.05) is 39.0 Å². The van der Waals surface area contributed by atoms with Gasteiger partial charge in [-0.05, 0) is 47.4 Å². The van der Waals surface area contributed by atoms with Crippen LogP contribution in [0.3, 0.4) is 0 Å². The lowest BCUT2D eigenvalue weighted by atomic mass is 9.87. The van der Waals surface area contributed by atoms with Crippen molar-refractivity contribution in [3.63, 3.8) is 0 Å². The number of rotatable bonds is 4. The number of fused-ring (bicyclic) bond motifs is 1. The number of nitrogens with zero attached hydrogens (tertiary/aromatic N) is 2. The first-order valence-corrected chi connectivity index (χ1v) is 10.4. The summed E-state index contributed by atoms with van der Waals surface area (Å²) in [4.78, 5) is 21.7. The van der Waals surface area contributed by atoms with Crippen molar-refractivity contribution < 1.29 is 14.3 Å². The van der Waals surface area contributed by atoms with Crippen LogP contribution in [-0.2, 0) is 12.0 Å². The van der Waals surface area contributed by atoms with Gasteiger partial charge < -0.3 is 14.8 Å². The number of pyridine rings is 1. The lowest BCUT2D eigenvalue weighted by molar-refractivity contribution is 0.0977. The monoisotopic (exact) mass is 430 g/mol. The van der Waals surface area contributed by atoms with E-state index in [1.54, 1.807) is 6.20 Å². The maximum absolute atomic E-state index is 12.9. The normalized spacial score (nSPS) is 13.0. The van der Waals surface area contributed by atoms with Gasteiger partial charge in [0.25, 0.3) is 5.91 Å². The van der Waals surface area contributed by atoms with Gasteiger partial charge in [0.15, 0.2) is 11.5 Å². The zero-order chi connectivity index (χ0) is 22.6. The Labute approximate surface area is 187 Å². The van der Waals surface area contributed by atoms with Crippen LogP contribution in [0.25, 0.3) is 0 Å². The molecule has 32 heavy (non-hydrogen) atoms. The molecule has 0 radical (unpaired) electrons. The molecule has 0 aliphatic carbocycles. The minimum atomic E-state index is -0.251. The molecule has 1 amide bonds. The highest BCUT2D eigenvalue weighted by Gasteiger charge is 2.17. The maximum atomic E-state index is 12.9. The van der Waals surface area contributed by atoms with Crippen molar-refractivity contribution >= 4 is 17.6 Å². The third kappa shape index (κ3) is 5.24. The molecule has 4 rings (SSSR count). The fourth-order valence-electron chi connectivity index (χ4n) is 3.17. The average Bonchev–Trinajstić information content (AvgIpc) is 3.25. The summed E-state index contributed by atoms with van der Waals surface area (Å²) in [5.74, 6) is 1.39. The number of guanidine groups is 1. The lowest BCUT2D eigenvalue weighted by Crippen LogP contribution is -2.36. The van der Waals surface area contributed by atoms with Gasteiger partial charge in [0, 0.05) is 23.5 Å². The van der Waals surface area contributed by atoms with E-state index in [2.05, 4.69) is 41.4 Å². The number of hydrogen-bond acceptors (Lipinski definition) is 5. The van der Waals surface area contributed by atoms with E-state index in [4.69, 9.17) is 9.47 Å². The van der Waals surface area contributed by atoms with Gasteiger partial charge >= 0.3 is 0 Å². The number of amides is 1. The van der Waals surface area contributed by atoms with E-state index in [-0.39, 0.29) is 18.1 Å². The number of ether oxygens (including phenoxy) is 2. The summed E-state index contributed by atoms with van der Waals surface area (Å²) < 4.78 is 10.8. The van der Waals surface area contributed by atoms with Crippen molar-refractivity contribution in [1.82, 2.24) is 10.3 Å². The summed E-state index contributed by atoms with van der Waals surface area (Å²) in [6.07, 6.45) is 1.71. The van der Waals surface area contributed by atoms with Crippen molar-refractivity contribution in [2.75, 3.05) is 12.1 Å². The molecule has 0 saturated heterocycles. The maximum Gasteiger partial charge on any atom is 0.257 e. The Morgan fingerprint density at radius 3 is 2.53 bits per heavy atom. The van der Waals surface area contributed by atoms with E-state index in [1.807, 2.05) is 60.7 Å². The van der Waals surface area contributed by atoms with Crippen molar-refractivity contribution in [2.24, 2.45) is 4.99 Å². The zero-order valence-electron chi connectivity index (χ0n) is 18.4.